The molecule has 1 aromatic carbocycles. The molecule has 1 amide bonds. The monoisotopic (exact) mass is 323 g/mol. The highest BCUT2D eigenvalue weighted by Gasteiger charge is 2.38. The molecule has 0 unspecified atom stereocenters. The van der Waals surface area contributed by atoms with Crippen molar-refractivity contribution in [3.8, 4) is 0 Å². The first-order valence-electron chi connectivity index (χ1n) is 8.12. The van der Waals surface area contributed by atoms with Crippen molar-refractivity contribution in [2.24, 2.45) is 0 Å². The Morgan fingerprint density at radius 1 is 1.43 bits per heavy atom. The first-order valence-corrected chi connectivity index (χ1v) is 8.12. The summed E-state index contributed by atoms with van der Waals surface area (Å²) in [4.78, 5) is 13.9. The molecule has 0 aliphatic carbocycles. The van der Waals surface area contributed by atoms with Gasteiger partial charge in [0.2, 0.25) is 0 Å². The van der Waals surface area contributed by atoms with Crippen LogP contribution in [0.4, 0.5) is 9.18 Å². The van der Waals surface area contributed by atoms with Crippen LogP contribution in [0.5, 0.6) is 0 Å². The van der Waals surface area contributed by atoms with E-state index < -0.39 is 17.8 Å². The highest BCUT2D eigenvalue weighted by atomic mass is 19.1. The molecule has 5 heteroatoms. The third kappa shape index (κ3) is 4.44. The first kappa shape index (κ1) is 17.7. The van der Waals surface area contributed by atoms with Crippen molar-refractivity contribution in [3.05, 3.63) is 35.6 Å². The maximum Gasteiger partial charge on any atom is 0.410 e. The Balaban J connectivity index is 2.11. The van der Waals surface area contributed by atoms with Gasteiger partial charge in [-0.05, 0) is 51.3 Å². The van der Waals surface area contributed by atoms with E-state index in [1.54, 1.807) is 17.0 Å². The highest BCUT2D eigenvalue weighted by molar-refractivity contribution is 5.69. The van der Waals surface area contributed by atoms with E-state index >= 15 is 0 Å². The van der Waals surface area contributed by atoms with Gasteiger partial charge in [0.05, 0.1) is 12.1 Å². The SMILES string of the molecule is C[C@H](c1cccc(F)c1)[C@@H](O)[C@H]1CCCN1C(=O)OC(C)(C)C. The number of carbonyl (C=O) groups is 1. The van der Waals surface area contributed by atoms with Crippen LogP contribution < -0.4 is 0 Å². The third-order valence-electron chi connectivity index (χ3n) is 4.21. The summed E-state index contributed by atoms with van der Waals surface area (Å²) in [5.74, 6) is -0.587. The first-order chi connectivity index (χ1) is 10.7. The number of hydrogen-bond donors (Lipinski definition) is 1. The number of likely N-dealkylation sites (tertiary alicyclic amines) is 1. The summed E-state index contributed by atoms with van der Waals surface area (Å²) < 4.78 is 18.8. The number of ether oxygens (including phenoxy) is 1. The lowest BCUT2D eigenvalue weighted by Gasteiger charge is -2.33. The molecule has 23 heavy (non-hydrogen) atoms. The van der Waals surface area contributed by atoms with Crippen molar-refractivity contribution >= 4 is 6.09 Å². The van der Waals surface area contributed by atoms with Crippen molar-refractivity contribution in [2.45, 2.75) is 64.2 Å². The van der Waals surface area contributed by atoms with E-state index in [-0.39, 0.29) is 17.8 Å². The van der Waals surface area contributed by atoms with E-state index in [4.69, 9.17) is 4.74 Å². The summed E-state index contributed by atoms with van der Waals surface area (Å²) in [6, 6.07) is 5.94. The van der Waals surface area contributed by atoms with Gasteiger partial charge in [-0.3, -0.25) is 0 Å². The Kier molecular flexibility index (Phi) is 5.30. The van der Waals surface area contributed by atoms with Crippen molar-refractivity contribution < 1.29 is 19.0 Å². The Hall–Kier alpha value is -1.62. The Labute approximate surface area is 137 Å². The molecule has 1 aliphatic rings. The smallest absolute Gasteiger partial charge is 0.410 e. The van der Waals surface area contributed by atoms with Gasteiger partial charge in [-0.1, -0.05) is 19.1 Å². The normalized spacial score (nSPS) is 21.1. The molecule has 128 valence electrons. The number of rotatable bonds is 3. The van der Waals surface area contributed by atoms with Crippen LogP contribution in [0.2, 0.25) is 0 Å². The molecule has 1 heterocycles. The summed E-state index contributed by atoms with van der Waals surface area (Å²) in [5, 5.41) is 10.7. The lowest BCUT2D eigenvalue weighted by Crippen LogP contribution is -2.46. The zero-order valence-corrected chi connectivity index (χ0v) is 14.3. The number of halogens is 1. The fraction of sp³-hybridized carbons (Fsp3) is 0.611. The van der Waals surface area contributed by atoms with Crippen LogP contribution in [0, 0.1) is 5.82 Å². The molecule has 3 atom stereocenters. The molecule has 1 aliphatic heterocycles. The average Bonchev–Trinajstić information content (AvgIpc) is 2.93. The zero-order chi connectivity index (χ0) is 17.2. The highest BCUT2D eigenvalue weighted by Crippen LogP contribution is 2.30. The summed E-state index contributed by atoms with van der Waals surface area (Å²) in [7, 11) is 0. The van der Waals surface area contributed by atoms with Gasteiger partial charge in [-0.25, -0.2) is 9.18 Å². The molecule has 2 rings (SSSR count). The molecule has 0 saturated carbocycles. The number of benzene rings is 1. The topological polar surface area (TPSA) is 49.8 Å². The van der Waals surface area contributed by atoms with E-state index in [9.17, 15) is 14.3 Å². The number of carbonyl (C=O) groups excluding carboxylic acids is 1. The van der Waals surface area contributed by atoms with E-state index in [1.807, 2.05) is 27.7 Å². The van der Waals surface area contributed by atoms with Crippen LogP contribution in [0.1, 0.15) is 52.0 Å². The van der Waals surface area contributed by atoms with Crippen molar-refractivity contribution in [2.75, 3.05) is 6.54 Å². The molecule has 1 fully saturated rings. The van der Waals surface area contributed by atoms with E-state index in [2.05, 4.69) is 0 Å². The van der Waals surface area contributed by atoms with Crippen molar-refractivity contribution in [3.63, 3.8) is 0 Å². The lowest BCUT2D eigenvalue weighted by atomic mass is 9.90. The van der Waals surface area contributed by atoms with Crippen LogP contribution >= 0.6 is 0 Å². The molecule has 0 aromatic heterocycles. The van der Waals surface area contributed by atoms with Gasteiger partial charge in [0.1, 0.15) is 11.4 Å². The van der Waals surface area contributed by atoms with E-state index in [0.717, 1.165) is 18.4 Å². The predicted octanol–water partition coefficient (Wildman–Crippen LogP) is 3.69. The van der Waals surface area contributed by atoms with Gasteiger partial charge in [0, 0.05) is 12.5 Å². The minimum absolute atomic E-state index is 0.265. The standard InChI is InChI=1S/C18H26FNO3/c1-12(13-7-5-8-14(19)11-13)16(21)15-9-6-10-20(15)17(22)23-18(2,3)4/h5,7-8,11-12,15-16,21H,6,9-10H2,1-4H3/t12-,15-,16-/m1/s1. The summed E-state index contributed by atoms with van der Waals surface area (Å²) in [6.45, 7) is 7.89. The molecule has 4 nitrogen and oxygen atoms in total. The number of hydrogen-bond acceptors (Lipinski definition) is 3. The summed E-state index contributed by atoms with van der Waals surface area (Å²) in [5.41, 5.74) is 0.164. The third-order valence-corrected chi connectivity index (χ3v) is 4.21. The van der Waals surface area contributed by atoms with Crippen LogP contribution in [0.3, 0.4) is 0 Å². The Morgan fingerprint density at radius 3 is 2.74 bits per heavy atom. The number of amides is 1. The van der Waals surface area contributed by atoms with Crippen LogP contribution in [-0.2, 0) is 4.74 Å². The second-order valence-corrected chi connectivity index (χ2v) is 7.22. The summed E-state index contributed by atoms with van der Waals surface area (Å²) in [6.07, 6.45) is 0.397. The fourth-order valence-electron chi connectivity index (χ4n) is 3.02. The van der Waals surface area contributed by atoms with Gasteiger partial charge in [0.15, 0.2) is 0 Å². The summed E-state index contributed by atoms with van der Waals surface area (Å²) >= 11 is 0. The van der Waals surface area contributed by atoms with Gasteiger partial charge < -0.3 is 14.7 Å². The molecule has 0 spiro atoms. The molecule has 1 saturated heterocycles. The van der Waals surface area contributed by atoms with Gasteiger partial charge >= 0.3 is 6.09 Å². The lowest BCUT2D eigenvalue weighted by molar-refractivity contribution is 0.00136. The van der Waals surface area contributed by atoms with Gasteiger partial charge in [0.25, 0.3) is 0 Å². The minimum Gasteiger partial charge on any atom is -0.444 e. The Bertz CT molecular complexity index is 555. The van der Waals surface area contributed by atoms with Crippen LogP contribution in [0.15, 0.2) is 24.3 Å². The molecule has 1 N–H and O–H groups in total. The van der Waals surface area contributed by atoms with Crippen LogP contribution in [0.25, 0.3) is 0 Å². The maximum absolute atomic E-state index is 13.4. The Morgan fingerprint density at radius 2 is 2.13 bits per heavy atom. The minimum atomic E-state index is -0.758. The second kappa shape index (κ2) is 6.87. The molecule has 1 aromatic rings. The van der Waals surface area contributed by atoms with Gasteiger partial charge in [-0.2, -0.15) is 0 Å². The van der Waals surface area contributed by atoms with Crippen molar-refractivity contribution in [1.29, 1.82) is 0 Å². The second-order valence-electron chi connectivity index (χ2n) is 7.22. The van der Waals surface area contributed by atoms with Gasteiger partial charge in [-0.15, -0.1) is 0 Å². The number of aliphatic hydroxyl groups excluding tert-OH is 1. The average molecular weight is 323 g/mol. The van der Waals surface area contributed by atoms with Crippen LogP contribution in [-0.4, -0.2) is 40.4 Å². The van der Waals surface area contributed by atoms with Crippen molar-refractivity contribution in [1.82, 2.24) is 4.90 Å². The quantitative estimate of drug-likeness (QED) is 0.923. The number of nitrogens with zero attached hydrogens (tertiary/aromatic N) is 1. The zero-order valence-electron chi connectivity index (χ0n) is 14.3. The molecule has 0 bridgehead atoms. The van der Waals surface area contributed by atoms with E-state index in [1.165, 1.54) is 12.1 Å². The molecular formula is C18H26FNO3. The molecular weight excluding hydrogens is 297 g/mol. The molecule has 0 radical (unpaired) electrons. The largest absolute Gasteiger partial charge is 0.444 e. The fourth-order valence-corrected chi connectivity index (χ4v) is 3.02. The number of aliphatic hydroxyl groups is 1. The maximum atomic E-state index is 13.4. The predicted molar refractivity (Wildman–Crippen MR) is 86.8 cm³/mol. The van der Waals surface area contributed by atoms with E-state index in [0.29, 0.717) is 6.54 Å².